The normalized spacial score (nSPS) is 13.0. The average Bonchev–Trinajstić information content (AvgIpc) is 3.24. The number of fused-ring (bicyclic) bond motifs is 2. The fourth-order valence-corrected chi connectivity index (χ4v) is 3.35. The number of hydrogen-bond acceptors (Lipinski definition) is 4. The van der Waals surface area contributed by atoms with Gasteiger partial charge in [-0.3, -0.25) is 9.59 Å². The van der Waals surface area contributed by atoms with Crippen LogP contribution in [-0.4, -0.2) is 25.0 Å². The van der Waals surface area contributed by atoms with Crippen molar-refractivity contribution in [2.75, 3.05) is 18.1 Å². The number of benzene rings is 2. The first-order valence-corrected chi connectivity index (χ1v) is 8.62. The van der Waals surface area contributed by atoms with Gasteiger partial charge in [0.15, 0.2) is 6.61 Å². The van der Waals surface area contributed by atoms with Gasteiger partial charge in [0, 0.05) is 23.2 Å². The summed E-state index contributed by atoms with van der Waals surface area (Å²) >= 11 is 0. The van der Waals surface area contributed by atoms with Crippen LogP contribution in [0.15, 0.2) is 53.1 Å². The van der Waals surface area contributed by atoms with E-state index in [0.717, 1.165) is 39.8 Å². The number of esters is 1. The van der Waals surface area contributed by atoms with Crippen molar-refractivity contribution in [2.24, 2.45) is 0 Å². The van der Waals surface area contributed by atoms with Crippen molar-refractivity contribution in [3.63, 3.8) is 0 Å². The number of furan rings is 1. The smallest absolute Gasteiger partial charge is 0.310 e. The second-order valence-corrected chi connectivity index (χ2v) is 6.52. The van der Waals surface area contributed by atoms with Crippen LogP contribution < -0.4 is 4.90 Å². The van der Waals surface area contributed by atoms with Crippen molar-refractivity contribution >= 4 is 28.5 Å². The predicted octanol–water partition coefficient (Wildman–Crippen LogP) is 3.42. The SMILES string of the molecule is Cc1ccc2c(CC(=O)OCC(=O)N3CCc4ccccc43)coc2c1. The summed E-state index contributed by atoms with van der Waals surface area (Å²) in [6, 6.07) is 13.6. The molecule has 0 unspecified atom stereocenters. The van der Waals surface area contributed by atoms with Crippen molar-refractivity contribution in [1.29, 1.82) is 0 Å². The molecule has 1 aliphatic rings. The van der Waals surface area contributed by atoms with E-state index < -0.39 is 5.97 Å². The molecule has 0 saturated carbocycles. The highest BCUT2D eigenvalue weighted by Gasteiger charge is 2.25. The van der Waals surface area contributed by atoms with Crippen LogP contribution >= 0.6 is 0 Å². The van der Waals surface area contributed by atoms with E-state index in [2.05, 4.69) is 0 Å². The maximum absolute atomic E-state index is 12.4. The second kappa shape index (κ2) is 6.67. The van der Waals surface area contributed by atoms with Crippen LogP contribution in [0.25, 0.3) is 11.0 Å². The van der Waals surface area contributed by atoms with Gasteiger partial charge in [-0.05, 0) is 36.6 Å². The van der Waals surface area contributed by atoms with Crippen LogP contribution in [0.4, 0.5) is 5.69 Å². The topological polar surface area (TPSA) is 59.8 Å². The molecule has 5 heteroatoms. The maximum atomic E-state index is 12.4. The Balaban J connectivity index is 1.37. The lowest BCUT2D eigenvalue weighted by Crippen LogP contribution is -2.33. The van der Waals surface area contributed by atoms with Crippen molar-refractivity contribution in [3.05, 3.63) is 65.4 Å². The average molecular weight is 349 g/mol. The molecule has 2 aromatic carbocycles. The van der Waals surface area contributed by atoms with E-state index in [1.807, 2.05) is 49.4 Å². The largest absolute Gasteiger partial charge is 0.464 e. The predicted molar refractivity (Wildman–Crippen MR) is 98.1 cm³/mol. The van der Waals surface area contributed by atoms with Crippen molar-refractivity contribution in [2.45, 2.75) is 19.8 Å². The summed E-state index contributed by atoms with van der Waals surface area (Å²) in [5.74, 6) is -0.634. The molecule has 4 rings (SSSR count). The lowest BCUT2D eigenvalue weighted by molar-refractivity contribution is -0.147. The molecule has 26 heavy (non-hydrogen) atoms. The molecule has 3 aromatic rings. The van der Waals surface area contributed by atoms with Crippen LogP contribution in [0.2, 0.25) is 0 Å². The zero-order chi connectivity index (χ0) is 18.1. The van der Waals surface area contributed by atoms with Crippen LogP contribution in [0.5, 0.6) is 0 Å². The van der Waals surface area contributed by atoms with Crippen LogP contribution in [0.1, 0.15) is 16.7 Å². The molecular formula is C21H19NO4. The molecule has 0 saturated heterocycles. The van der Waals surface area contributed by atoms with Gasteiger partial charge in [0.2, 0.25) is 0 Å². The molecule has 1 aromatic heterocycles. The highest BCUT2D eigenvalue weighted by Crippen LogP contribution is 2.27. The summed E-state index contributed by atoms with van der Waals surface area (Å²) in [4.78, 5) is 26.2. The minimum absolute atomic E-state index is 0.0833. The van der Waals surface area contributed by atoms with Gasteiger partial charge in [0.25, 0.3) is 5.91 Å². The van der Waals surface area contributed by atoms with E-state index in [-0.39, 0.29) is 18.9 Å². The van der Waals surface area contributed by atoms with E-state index in [9.17, 15) is 9.59 Å². The van der Waals surface area contributed by atoms with Gasteiger partial charge in [-0.2, -0.15) is 0 Å². The third-order valence-electron chi connectivity index (χ3n) is 4.69. The van der Waals surface area contributed by atoms with Crippen molar-refractivity contribution in [3.8, 4) is 0 Å². The van der Waals surface area contributed by atoms with Gasteiger partial charge in [0.05, 0.1) is 12.7 Å². The lowest BCUT2D eigenvalue weighted by Gasteiger charge is -2.17. The number of rotatable bonds is 4. The summed E-state index contributed by atoms with van der Waals surface area (Å²) in [5.41, 5.74) is 4.66. The molecule has 5 nitrogen and oxygen atoms in total. The van der Waals surface area contributed by atoms with E-state index in [0.29, 0.717) is 6.54 Å². The molecule has 0 fully saturated rings. The van der Waals surface area contributed by atoms with Crippen LogP contribution in [0, 0.1) is 6.92 Å². The zero-order valence-corrected chi connectivity index (χ0v) is 14.5. The highest BCUT2D eigenvalue weighted by molar-refractivity contribution is 5.97. The number of carbonyl (C=O) groups excluding carboxylic acids is 2. The first-order chi connectivity index (χ1) is 12.6. The number of carbonyl (C=O) groups is 2. The number of aryl methyl sites for hydroxylation is 1. The third-order valence-corrected chi connectivity index (χ3v) is 4.69. The maximum Gasteiger partial charge on any atom is 0.310 e. The zero-order valence-electron chi connectivity index (χ0n) is 14.5. The molecule has 0 radical (unpaired) electrons. The Kier molecular flexibility index (Phi) is 4.21. The van der Waals surface area contributed by atoms with E-state index in [4.69, 9.17) is 9.15 Å². The molecule has 0 spiro atoms. The number of ether oxygens (including phenoxy) is 1. The highest BCUT2D eigenvalue weighted by atomic mass is 16.5. The quantitative estimate of drug-likeness (QED) is 0.677. The van der Waals surface area contributed by atoms with E-state index in [1.165, 1.54) is 0 Å². The number of nitrogens with zero attached hydrogens (tertiary/aromatic N) is 1. The van der Waals surface area contributed by atoms with Gasteiger partial charge in [0.1, 0.15) is 5.58 Å². The summed E-state index contributed by atoms with van der Waals surface area (Å²) < 4.78 is 10.7. The summed E-state index contributed by atoms with van der Waals surface area (Å²) in [7, 11) is 0. The Bertz CT molecular complexity index is 989. The fraction of sp³-hybridized carbons (Fsp3) is 0.238. The molecule has 0 atom stereocenters. The summed E-state index contributed by atoms with van der Waals surface area (Å²) in [6.45, 7) is 2.36. The Morgan fingerprint density at radius 2 is 2.04 bits per heavy atom. The number of amides is 1. The van der Waals surface area contributed by atoms with Crippen LogP contribution in [0.3, 0.4) is 0 Å². The molecule has 0 N–H and O–H groups in total. The van der Waals surface area contributed by atoms with Gasteiger partial charge in [-0.25, -0.2) is 0 Å². The molecule has 0 aliphatic carbocycles. The van der Waals surface area contributed by atoms with Gasteiger partial charge >= 0.3 is 5.97 Å². The second-order valence-electron chi connectivity index (χ2n) is 6.52. The lowest BCUT2D eigenvalue weighted by atomic mass is 10.1. The third kappa shape index (κ3) is 3.08. The van der Waals surface area contributed by atoms with E-state index >= 15 is 0 Å². The minimum Gasteiger partial charge on any atom is -0.464 e. The number of anilines is 1. The molecule has 132 valence electrons. The van der Waals surface area contributed by atoms with Crippen molar-refractivity contribution in [1.82, 2.24) is 0 Å². The molecular weight excluding hydrogens is 330 g/mol. The van der Waals surface area contributed by atoms with Crippen LogP contribution in [-0.2, 0) is 27.2 Å². The van der Waals surface area contributed by atoms with Gasteiger partial charge < -0.3 is 14.1 Å². The summed E-state index contributed by atoms with van der Waals surface area (Å²) in [6.07, 6.45) is 2.49. The first kappa shape index (κ1) is 16.4. The van der Waals surface area contributed by atoms with Crippen molar-refractivity contribution < 1.29 is 18.7 Å². The molecule has 1 amide bonds. The standard InChI is InChI=1S/C21H19NO4/c1-14-6-7-17-16(12-25-19(17)10-14)11-21(24)26-13-20(23)22-9-8-15-4-2-3-5-18(15)22/h2-7,10,12H,8-9,11,13H2,1H3. The Labute approximate surface area is 151 Å². The Morgan fingerprint density at radius 1 is 1.19 bits per heavy atom. The number of hydrogen-bond donors (Lipinski definition) is 0. The first-order valence-electron chi connectivity index (χ1n) is 8.62. The van der Waals surface area contributed by atoms with E-state index in [1.54, 1.807) is 11.2 Å². The molecule has 2 heterocycles. The molecule has 0 bridgehead atoms. The fourth-order valence-electron chi connectivity index (χ4n) is 3.35. The minimum atomic E-state index is -0.436. The van der Waals surface area contributed by atoms with Gasteiger partial charge in [-0.1, -0.05) is 30.3 Å². The Hall–Kier alpha value is -3.08. The monoisotopic (exact) mass is 349 g/mol. The summed E-state index contributed by atoms with van der Waals surface area (Å²) in [5, 5.41) is 0.896. The number of para-hydroxylation sites is 1. The Morgan fingerprint density at radius 3 is 2.92 bits per heavy atom. The molecule has 1 aliphatic heterocycles. The van der Waals surface area contributed by atoms with Gasteiger partial charge in [-0.15, -0.1) is 0 Å².